The van der Waals surface area contributed by atoms with Crippen LogP contribution in [-0.4, -0.2) is 51.9 Å². The minimum atomic E-state index is -0.266. The molecule has 3 aromatic rings. The summed E-state index contributed by atoms with van der Waals surface area (Å²) in [6, 6.07) is 13.5. The summed E-state index contributed by atoms with van der Waals surface area (Å²) in [5, 5.41) is 3.83. The smallest absolute Gasteiger partial charge is 0.276 e. The SMILES string of the molecule is Cc1cc(C(=O)N2CCC(C(=O)N(C)C(c3ccccc3C)c3ncccc3C)CC2)no1. The van der Waals surface area contributed by atoms with Crippen molar-refractivity contribution < 1.29 is 14.1 Å². The lowest BCUT2D eigenvalue weighted by atomic mass is 9.91. The van der Waals surface area contributed by atoms with E-state index in [0.717, 1.165) is 22.4 Å². The first-order chi connectivity index (χ1) is 15.9. The molecule has 0 N–H and O–H groups in total. The Morgan fingerprint density at radius 1 is 1.06 bits per heavy atom. The van der Waals surface area contributed by atoms with Crippen molar-refractivity contribution in [3.8, 4) is 0 Å². The molecule has 1 saturated heterocycles. The lowest BCUT2D eigenvalue weighted by Gasteiger charge is -2.36. The van der Waals surface area contributed by atoms with Gasteiger partial charge >= 0.3 is 0 Å². The molecule has 0 spiro atoms. The second-order valence-corrected chi connectivity index (χ2v) is 8.80. The average Bonchev–Trinajstić information content (AvgIpc) is 3.27. The quantitative estimate of drug-likeness (QED) is 0.590. The Balaban J connectivity index is 1.52. The van der Waals surface area contributed by atoms with E-state index < -0.39 is 0 Å². The number of rotatable bonds is 5. The maximum absolute atomic E-state index is 13.6. The van der Waals surface area contributed by atoms with Crippen LogP contribution < -0.4 is 0 Å². The molecule has 1 fully saturated rings. The van der Waals surface area contributed by atoms with Crippen LogP contribution in [0.2, 0.25) is 0 Å². The zero-order chi connectivity index (χ0) is 23.5. The van der Waals surface area contributed by atoms with Crippen molar-refractivity contribution >= 4 is 11.8 Å². The molecule has 1 aliphatic heterocycles. The maximum atomic E-state index is 13.6. The number of aryl methyl sites for hydroxylation is 3. The van der Waals surface area contributed by atoms with E-state index in [0.29, 0.717) is 37.4 Å². The van der Waals surface area contributed by atoms with Gasteiger partial charge < -0.3 is 14.3 Å². The van der Waals surface area contributed by atoms with E-state index in [-0.39, 0.29) is 23.8 Å². The molecule has 7 heteroatoms. The second-order valence-electron chi connectivity index (χ2n) is 8.80. The van der Waals surface area contributed by atoms with Crippen molar-refractivity contribution in [2.45, 2.75) is 39.7 Å². The standard InChI is InChI=1S/C26H30N4O3/c1-17-8-5-6-10-21(17)24(23-18(2)9-7-13-27-23)29(4)25(31)20-11-14-30(15-12-20)26(32)22-16-19(3)33-28-22/h5-10,13,16,20,24H,11-12,14-15H2,1-4H3. The fourth-order valence-corrected chi connectivity index (χ4v) is 4.59. The van der Waals surface area contributed by atoms with Gasteiger partial charge in [-0.2, -0.15) is 0 Å². The Kier molecular flexibility index (Phi) is 6.58. The molecule has 3 heterocycles. The topological polar surface area (TPSA) is 79.5 Å². The normalized spacial score (nSPS) is 15.3. The van der Waals surface area contributed by atoms with Crippen molar-refractivity contribution in [2.24, 2.45) is 5.92 Å². The fraction of sp³-hybridized carbons (Fsp3) is 0.385. The number of hydrogen-bond donors (Lipinski definition) is 0. The molecule has 4 rings (SSSR count). The van der Waals surface area contributed by atoms with Crippen LogP contribution >= 0.6 is 0 Å². The third-order valence-corrected chi connectivity index (χ3v) is 6.51. The first kappa shape index (κ1) is 22.7. The van der Waals surface area contributed by atoms with Gasteiger partial charge in [-0.25, -0.2) is 0 Å². The zero-order valence-corrected chi connectivity index (χ0v) is 19.6. The summed E-state index contributed by atoms with van der Waals surface area (Å²) in [5.74, 6) is 0.399. The lowest BCUT2D eigenvalue weighted by molar-refractivity contribution is -0.137. The van der Waals surface area contributed by atoms with Crippen LogP contribution in [0.1, 0.15) is 57.5 Å². The predicted octanol–water partition coefficient (Wildman–Crippen LogP) is 4.10. The van der Waals surface area contributed by atoms with E-state index in [1.165, 1.54) is 0 Å². The van der Waals surface area contributed by atoms with Gasteiger partial charge in [-0.05, 0) is 56.4 Å². The van der Waals surface area contributed by atoms with Gasteiger partial charge in [-0.1, -0.05) is 35.5 Å². The van der Waals surface area contributed by atoms with E-state index in [1.54, 1.807) is 24.1 Å². The van der Waals surface area contributed by atoms with Crippen LogP contribution in [-0.2, 0) is 4.79 Å². The summed E-state index contributed by atoms with van der Waals surface area (Å²) < 4.78 is 5.03. The number of nitrogens with zero attached hydrogens (tertiary/aromatic N) is 4. The molecular formula is C26H30N4O3. The maximum Gasteiger partial charge on any atom is 0.276 e. The first-order valence-corrected chi connectivity index (χ1v) is 11.3. The molecule has 1 aromatic carbocycles. The number of carbonyl (C=O) groups excluding carboxylic acids is 2. The zero-order valence-electron chi connectivity index (χ0n) is 19.6. The van der Waals surface area contributed by atoms with E-state index in [9.17, 15) is 9.59 Å². The van der Waals surface area contributed by atoms with Crippen LogP contribution in [0, 0.1) is 26.7 Å². The Hall–Kier alpha value is -3.48. The van der Waals surface area contributed by atoms with Crippen LogP contribution in [0.4, 0.5) is 0 Å². The van der Waals surface area contributed by atoms with Crippen molar-refractivity contribution in [3.05, 3.63) is 82.5 Å². The average molecular weight is 447 g/mol. The molecule has 33 heavy (non-hydrogen) atoms. The third kappa shape index (κ3) is 4.67. The summed E-state index contributed by atoms with van der Waals surface area (Å²) in [6.45, 7) is 6.90. The number of piperidine rings is 1. The van der Waals surface area contributed by atoms with Gasteiger partial charge in [0.25, 0.3) is 5.91 Å². The van der Waals surface area contributed by atoms with Gasteiger partial charge in [0, 0.05) is 38.3 Å². The molecule has 2 aromatic heterocycles. The van der Waals surface area contributed by atoms with Crippen LogP contribution in [0.5, 0.6) is 0 Å². The second kappa shape index (κ2) is 9.57. The Morgan fingerprint density at radius 2 is 1.76 bits per heavy atom. The van der Waals surface area contributed by atoms with Crippen LogP contribution in [0.3, 0.4) is 0 Å². The molecule has 172 valence electrons. The Bertz CT molecular complexity index is 1100. The van der Waals surface area contributed by atoms with Gasteiger partial charge in [0.05, 0.1) is 11.7 Å². The molecular weight excluding hydrogens is 416 g/mol. The highest BCUT2D eigenvalue weighted by molar-refractivity contribution is 5.92. The summed E-state index contributed by atoms with van der Waals surface area (Å²) >= 11 is 0. The molecule has 2 amide bonds. The lowest BCUT2D eigenvalue weighted by Crippen LogP contribution is -2.44. The number of pyridine rings is 1. The molecule has 0 aliphatic carbocycles. The van der Waals surface area contributed by atoms with Crippen LogP contribution in [0.15, 0.2) is 53.2 Å². The molecule has 0 radical (unpaired) electrons. The highest BCUT2D eigenvalue weighted by Crippen LogP contribution is 2.33. The molecule has 0 bridgehead atoms. The van der Waals surface area contributed by atoms with Gasteiger partial charge in [0.1, 0.15) is 5.76 Å². The summed E-state index contributed by atoms with van der Waals surface area (Å²) in [6.07, 6.45) is 3.02. The van der Waals surface area contributed by atoms with E-state index in [4.69, 9.17) is 4.52 Å². The highest BCUT2D eigenvalue weighted by Gasteiger charge is 2.34. The predicted molar refractivity (Wildman–Crippen MR) is 125 cm³/mol. The minimum Gasteiger partial charge on any atom is -0.361 e. The third-order valence-electron chi connectivity index (χ3n) is 6.51. The number of carbonyl (C=O) groups is 2. The van der Waals surface area contributed by atoms with Gasteiger partial charge in [-0.3, -0.25) is 14.6 Å². The van der Waals surface area contributed by atoms with Crippen molar-refractivity contribution in [1.82, 2.24) is 19.9 Å². The van der Waals surface area contributed by atoms with E-state index >= 15 is 0 Å². The van der Waals surface area contributed by atoms with Crippen LogP contribution in [0.25, 0.3) is 0 Å². The summed E-state index contributed by atoms with van der Waals surface area (Å²) in [4.78, 5) is 34.5. The number of likely N-dealkylation sites (tertiary alicyclic amines) is 1. The molecule has 1 unspecified atom stereocenters. The molecule has 0 saturated carbocycles. The number of benzene rings is 1. The highest BCUT2D eigenvalue weighted by atomic mass is 16.5. The largest absolute Gasteiger partial charge is 0.361 e. The monoisotopic (exact) mass is 446 g/mol. The van der Waals surface area contributed by atoms with E-state index in [1.807, 2.05) is 43.1 Å². The number of amides is 2. The van der Waals surface area contributed by atoms with Gasteiger partial charge in [0.15, 0.2) is 5.69 Å². The Labute approximate surface area is 194 Å². The van der Waals surface area contributed by atoms with Gasteiger partial charge in [0.2, 0.25) is 5.91 Å². The summed E-state index contributed by atoms with van der Waals surface area (Å²) in [5.41, 5.74) is 4.45. The summed E-state index contributed by atoms with van der Waals surface area (Å²) in [7, 11) is 1.86. The Morgan fingerprint density at radius 3 is 2.39 bits per heavy atom. The molecule has 1 aliphatic rings. The number of aromatic nitrogens is 2. The van der Waals surface area contributed by atoms with Gasteiger partial charge in [-0.15, -0.1) is 0 Å². The fourth-order valence-electron chi connectivity index (χ4n) is 4.59. The van der Waals surface area contributed by atoms with Crippen molar-refractivity contribution in [3.63, 3.8) is 0 Å². The van der Waals surface area contributed by atoms with Crippen molar-refractivity contribution in [2.75, 3.05) is 20.1 Å². The van der Waals surface area contributed by atoms with E-state index in [2.05, 4.69) is 29.2 Å². The first-order valence-electron chi connectivity index (χ1n) is 11.3. The van der Waals surface area contributed by atoms with Crippen molar-refractivity contribution in [1.29, 1.82) is 0 Å². The minimum absolute atomic E-state index is 0.0812. The molecule has 1 atom stereocenters. The molecule has 7 nitrogen and oxygen atoms in total. The number of hydrogen-bond acceptors (Lipinski definition) is 5.